The van der Waals surface area contributed by atoms with E-state index in [9.17, 15) is 22.8 Å². The van der Waals surface area contributed by atoms with Crippen molar-refractivity contribution < 1.29 is 22.7 Å². The number of hydrogen-bond acceptors (Lipinski definition) is 4. The van der Waals surface area contributed by atoms with Crippen LogP contribution in [0.25, 0.3) is 0 Å². The highest BCUT2D eigenvalue weighted by molar-refractivity contribution is 5.90. The van der Waals surface area contributed by atoms with Crippen molar-refractivity contribution in [2.75, 3.05) is 31.6 Å². The van der Waals surface area contributed by atoms with Crippen molar-refractivity contribution in [3.05, 3.63) is 64.1 Å². The summed E-state index contributed by atoms with van der Waals surface area (Å²) in [5.74, 6) is -0.581. The van der Waals surface area contributed by atoms with Crippen molar-refractivity contribution in [3.63, 3.8) is 0 Å². The fourth-order valence-electron chi connectivity index (χ4n) is 2.94. The van der Waals surface area contributed by atoms with Crippen molar-refractivity contribution in [3.8, 4) is 0 Å². The molecule has 9 heteroatoms. The minimum atomic E-state index is -4.76. The van der Waals surface area contributed by atoms with Crippen LogP contribution in [0.3, 0.4) is 0 Å². The number of morpholine rings is 1. The Labute approximate surface area is 159 Å². The Bertz CT molecular complexity index is 872. The first-order chi connectivity index (χ1) is 13.3. The minimum Gasteiger partial charge on any atom is -0.379 e. The smallest absolute Gasteiger partial charge is 0.379 e. The third-order valence-electron chi connectivity index (χ3n) is 4.39. The predicted octanol–water partition coefficient (Wildman–Crippen LogP) is 2.34. The van der Waals surface area contributed by atoms with Crippen LogP contribution >= 0.6 is 0 Å². The van der Waals surface area contributed by atoms with Gasteiger partial charge in [-0.05, 0) is 29.8 Å². The van der Waals surface area contributed by atoms with Gasteiger partial charge in [0.05, 0.1) is 13.2 Å². The summed E-state index contributed by atoms with van der Waals surface area (Å²) in [5.41, 5.74) is -0.953. The third-order valence-corrected chi connectivity index (χ3v) is 4.39. The first-order valence-electron chi connectivity index (χ1n) is 8.78. The van der Waals surface area contributed by atoms with Crippen molar-refractivity contribution >= 4 is 11.6 Å². The molecule has 2 aromatic rings. The van der Waals surface area contributed by atoms with Crippen LogP contribution in [0.1, 0.15) is 11.1 Å². The molecule has 3 rings (SSSR count). The summed E-state index contributed by atoms with van der Waals surface area (Å²) in [6, 6.07) is 9.00. The van der Waals surface area contributed by atoms with Crippen LogP contribution in [-0.2, 0) is 28.8 Å². The number of ether oxygens (including phenoxy) is 1. The van der Waals surface area contributed by atoms with Gasteiger partial charge in [0.2, 0.25) is 5.91 Å². The molecule has 1 N–H and O–H groups in total. The van der Waals surface area contributed by atoms with E-state index in [1.165, 1.54) is 0 Å². The molecule has 1 fully saturated rings. The molecular weight excluding hydrogens is 375 g/mol. The molecule has 1 aromatic heterocycles. The van der Waals surface area contributed by atoms with Gasteiger partial charge in [0.15, 0.2) is 0 Å². The second kappa shape index (κ2) is 8.57. The lowest BCUT2D eigenvalue weighted by molar-refractivity contribution is -0.139. The lowest BCUT2D eigenvalue weighted by Crippen LogP contribution is -2.35. The van der Waals surface area contributed by atoms with Crippen molar-refractivity contribution in [1.82, 2.24) is 9.47 Å². The molecule has 2 heterocycles. The molecular formula is C19H20F3N3O3. The van der Waals surface area contributed by atoms with Crippen LogP contribution in [0.15, 0.2) is 47.4 Å². The van der Waals surface area contributed by atoms with E-state index >= 15 is 0 Å². The van der Waals surface area contributed by atoms with Crippen LogP contribution in [0, 0.1) is 0 Å². The minimum absolute atomic E-state index is 0.502. The molecule has 28 heavy (non-hydrogen) atoms. The highest BCUT2D eigenvalue weighted by Crippen LogP contribution is 2.26. The zero-order valence-corrected chi connectivity index (χ0v) is 15.0. The standard InChI is InChI=1S/C19H20F3N3O3/c20-19(21,22)16-2-1-7-25(18(16)27)13-17(26)23-15-5-3-14(4-6-15)12-24-8-10-28-11-9-24/h1-7H,8-13H2,(H,23,26). The summed E-state index contributed by atoms with van der Waals surface area (Å²) in [6.07, 6.45) is -3.60. The quantitative estimate of drug-likeness (QED) is 0.844. The Balaban J connectivity index is 1.60. The number of carbonyl (C=O) groups is 1. The average molecular weight is 395 g/mol. The second-order valence-electron chi connectivity index (χ2n) is 6.49. The maximum absolute atomic E-state index is 12.8. The monoisotopic (exact) mass is 395 g/mol. The van der Waals surface area contributed by atoms with E-state index in [4.69, 9.17) is 4.74 Å². The van der Waals surface area contributed by atoms with Gasteiger partial charge in [0.25, 0.3) is 5.56 Å². The van der Waals surface area contributed by atoms with Gasteiger partial charge in [-0.25, -0.2) is 0 Å². The molecule has 0 radical (unpaired) electrons. The largest absolute Gasteiger partial charge is 0.421 e. The van der Waals surface area contributed by atoms with Gasteiger partial charge in [0.1, 0.15) is 12.1 Å². The van der Waals surface area contributed by atoms with Crippen LogP contribution < -0.4 is 10.9 Å². The Morgan fingerprint density at radius 1 is 1.11 bits per heavy atom. The molecule has 1 aliphatic rings. The summed E-state index contributed by atoms with van der Waals surface area (Å²) < 4.78 is 44.4. The highest BCUT2D eigenvalue weighted by Gasteiger charge is 2.34. The number of halogens is 3. The summed E-state index contributed by atoms with van der Waals surface area (Å²) in [6.45, 7) is 3.43. The topological polar surface area (TPSA) is 63.6 Å². The van der Waals surface area contributed by atoms with Gasteiger partial charge < -0.3 is 14.6 Å². The lowest BCUT2D eigenvalue weighted by Gasteiger charge is -2.26. The summed E-state index contributed by atoms with van der Waals surface area (Å²) in [7, 11) is 0. The molecule has 1 saturated heterocycles. The van der Waals surface area contributed by atoms with E-state index in [0.717, 1.165) is 42.0 Å². The van der Waals surface area contributed by atoms with E-state index in [-0.39, 0.29) is 0 Å². The number of anilines is 1. The first kappa shape index (κ1) is 20.1. The maximum atomic E-state index is 12.8. The molecule has 0 atom stereocenters. The SMILES string of the molecule is O=C(Cn1cccc(C(F)(F)F)c1=O)Nc1ccc(CN2CCOCC2)cc1. The Morgan fingerprint density at radius 2 is 1.79 bits per heavy atom. The van der Waals surface area contributed by atoms with Gasteiger partial charge >= 0.3 is 6.18 Å². The number of amides is 1. The normalized spacial score (nSPS) is 15.4. The van der Waals surface area contributed by atoms with E-state index in [0.29, 0.717) is 25.0 Å². The first-order valence-corrected chi connectivity index (χ1v) is 8.78. The molecule has 0 saturated carbocycles. The summed E-state index contributed by atoms with van der Waals surface area (Å²) in [4.78, 5) is 26.3. The zero-order chi connectivity index (χ0) is 20.1. The number of hydrogen-bond donors (Lipinski definition) is 1. The molecule has 0 bridgehead atoms. The van der Waals surface area contributed by atoms with E-state index < -0.39 is 29.8 Å². The zero-order valence-electron chi connectivity index (χ0n) is 15.0. The van der Waals surface area contributed by atoms with E-state index in [1.807, 2.05) is 12.1 Å². The molecule has 6 nitrogen and oxygen atoms in total. The van der Waals surface area contributed by atoms with Crippen LogP contribution in [-0.4, -0.2) is 41.7 Å². The average Bonchev–Trinajstić information content (AvgIpc) is 2.65. The molecule has 1 amide bonds. The Morgan fingerprint density at radius 3 is 2.43 bits per heavy atom. The number of pyridine rings is 1. The van der Waals surface area contributed by atoms with E-state index in [2.05, 4.69) is 10.2 Å². The molecule has 0 aliphatic carbocycles. The fraction of sp³-hybridized carbons (Fsp3) is 0.368. The molecule has 0 unspecified atom stereocenters. The van der Waals surface area contributed by atoms with Crippen molar-refractivity contribution in [1.29, 1.82) is 0 Å². The van der Waals surface area contributed by atoms with Crippen LogP contribution in [0.5, 0.6) is 0 Å². The van der Waals surface area contributed by atoms with Gasteiger partial charge in [-0.1, -0.05) is 12.1 Å². The van der Waals surface area contributed by atoms with Gasteiger partial charge in [-0.15, -0.1) is 0 Å². The molecule has 0 spiro atoms. The van der Waals surface area contributed by atoms with Crippen LogP contribution in [0.2, 0.25) is 0 Å². The lowest BCUT2D eigenvalue weighted by atomic mass is 10.2. The van der Waals surface area contributed by atoms with Crippen molar-refractivity contribution in [2.24, 2.45) is 0 Å². The second-order valence-corrected chi connectivity index (χ2v) is 6.49. The summed E-state index contributed by atoms with van der Waals surface area (Å²) in [5, 5.41) is 2.59. The van der Waals surface area contributed by atoms with E-state index in [1.54, 1.807) is 12.1 Å². The van der Waals surface area contributed by atoms with Crippen molar-refractivity contribution in [2.45, 2.75) is 19.3 Å². The number of aromatic nitrogens is 1. The van der Waals surface area contributed by atoms with Gasteiger partial charge in [-0.3, -0.25) is 14.5 Å². The fourth-order valence-corrected chi connectivity index (χ4v) is 2.94. The third kappa shape index (κ3) is 5.20. The summed E-state index contributed by atoms with van der Waals surface area (Å²) >= 11 is 0. The molecule has 1 aromatic carbocycles. The maximum Gasteiger partial charge on any atom is 0.421 e. The van der Waals surface area contributed by atoms with Gasteiger partial charge in [-0.2, -0.15) is 13.2 Å². The predicted molar refractivity (Wildman–Crippen MR) is 96.9 cm³/mol. The number of nitrogens with one attached hydrogen (secondary N) is 1. The number of carbonyl (C=O) groups excluding carboxylic acids is 1. The van der Waals surface area contributed by atoms with Gasteiger partial charge in [0, 0.05) is 31.5 Å². The highest BCUT2D eigenvalue weighted by atomic mass is 19.4. The number of benzene rings is 1. The Kier molecular flexibility index (Phi) is 6.15. The number of alkyl halides is 3. The Hall–Kier alpha value is -2.65. The number of rotatable bonds is 5. The molecule has 150 valence electrons. The van der Waals surface area contributed by atoms with Crippen LogP contribution in [0.4, 0.5) is 18.9 Å². The number of nitrogens with zero attached hydrogens (tertiary/aromatic N) is 2. The molecule has 1 aliphatic heterocycles.